The molecule has 3 N–H and O–H groups in total. The number of thiophene rings is 1. The van der Waals surface area contributed by atoms with Crippen molar-refractivity contribution in [2.45, 2.75) is 57.9 Å². The predicted octanol–water partition coefficient (Wildman–Crippen LogP) is 2.97. The maximum atomic E-state index is 13.2. The summed E-state index contributed by atoms with van der Waals surface area (Å²) in [7, 11) is -3.62. The molecule has 0 atom stereocenters. The molecule has 10 nitrogen and oxygen atoms in total. The summed E-state index contributed by atoms with van der Waals surface area (Å²) in [6.45, 7) is 8.95. The monoisotopic (exact) mass is 561 g/mol. The number of hydrogen-bond acceptors (Lipinski definition) is 7. The molecule has 12 heteroatoms. The highest BCUT2D eigenvalue weighted by Crippen LogP contribution is 2.37. The number of hydrazine groups is 1. The number of amides is 3. The molecule has 0 spiro atoms. The van der Waals surface area contributed by atoms with E-state index in [9.17, 15) is 22.8 Å². The second kappa shape index (κ2) is 11.9. The number of rotatable bonds is 7. The van der Waals surface area contributed by atoms with Crippen molar-refractivity contribution in [2.24, 2.45) is 5.92 Å². The molecule has 0 aliphatic carbocycles. The van der Waals surface area contributed by atoms with Crippen LogP contribution in [0.1, 0.15) is 71.2 Å². The molecule has 0 saturated carbocycles. The van der Waals surface area contributed by atoms with Crippen LogP contribution in [0.15, 0.2) is 29.2 Å². The van der Waals surface area contributed by atoms with E-state index in [0.717, 1.165) is 42.8 Å². The quantitative estimate of drug-likeness (QED) is 0.446. The summed E-state index contributed by atoms with van der Waals surface area (Å²) in [6, 6.07) is 5.88. The van der Waals surface area contributed by atoms with Gasteiger partial charge in [0.1, 0.15) is 5.00 Å². The van der Waals surface area contributed by atoms with Gasteiger partial charge in [0.15, 0.2) is 0 Å². The summed E-state index contributed by atoms with van der Waals surface area (Å²) in [5.41, 5.74) is 6.23. The van der Waals surface area contributed by atoms with Gasteiger partial charge in [-0.1, -0.05) is 13.8 Å². The Morgan fingerprint density at radius 2 is 1.71 bits per heavy atom. The molecule has 2 aromatic rings. The Labute approximate surface area is 227 Å². The largest absolute Gasteiger partial charge is 0.313 e. The average Bonchev–Trinajstić information content (AvgIpc) is 3.24. The Hall–Kier alpha value is -2.80. The molecule has 0 radical (unpaired) electrons. The fourth-order valence-corrected chi connectivity index (χ4v) is 7.58. The minimum atomic E-state index is -3.62. The van der Waals surface area contributed by atoms with Gasteiger partial charge in [-0.2, -0.15) is 4.31 Å². The summed E-state index contributed by atoms with van der Waals surface area (Å²) >= 11 is 1.35. The molecule has 1 fully saturated rings. The van der Waals surface area contributed by atoms with E-state index in [-0.39, 0.29) is 10.5 Å². The minimum Gasteiger partial charge on any atom is -0.313 e. The molecule has 2 aliphatic rings. The van der Waals surface area contributed by atoms with E-state index in [2.05, 4.69) is 34.9 Å². The highest BCUT2D eigenvalue weighted by molar-refractivity contribution is 7.89. The summed E-state index contributed by atoms with van der Waals surface area (Å²) in [5.74, 6) is -0.834. The Kier molecular flexibility index (Phi) is 8.86. The first-order chi connectivity index (χ1) is 18.1. The van der Waals surface area contributed by atoms with Crippen molar-refractivity contribution in [1.82, 2.24) is 20.1 Å². The summed E-state index contributed by atoms with van der Waals surface area (Å²) in [5, 5.41) is 3.26. The van der Waals surface area contributed by atoms with Crippen LogP contribution in [0.25, 0.3) is 0 Å². The molecule has 1 saturated heterocycles. The van der Waals surface area contributed by atoms with Crippen LogP contribution in [0, 0.1) is 5.92 Å². The number of hydrogen-bond donors (Lipinski definition) is 3. The highest BCUT2D eigenvalue weighted by atomic mass is 32.2. The fourth-order valence-electron chi connectivity index (χ4n) is 4.83. The van der Waals surface area contributed by atoms with Crippen molar-refractivity contribution >= 4 is 44.1 Å². The molecule has 38 heavy (non-hydrogen) atoms. The Morgan fingerprint density at radius 1 is 1.03 bits per heavy atom. The van der Waals surface area contributed by atoms with Gasteiger partial charge in [-0.05, 0) is 68.0 Å². The lowest BCUT2D eigenvalue weighted by Gasteiger charge is -2.29. The van der Waals surface area contributed by atoms with E-state index >= 15 is 0 Å². The number of anilines is 1. The van der Waals surface area contributed by atoms with Crippen LogP contribution in [-0.2, 0) is 27.8 Å². The molecular weight excluding hydrogens is 526 g/mol. The zero-order valence-corrected chi connectivity index (χ0v) is 23.6. The number of nitrogens with zero attached hydrogens (tertiary/aromatic N) is 2. The van der Waals surface area contributed by atoms with Crippen LogP contribution >= 0.6 is 11.3 Å². The van der Waals surface area contributed by atoms with E-state index in [0.29, 0.717) is 42.5 Å². The SMILES string of the molecule is CCCN1CCc2c(sc(NC(=O)c3ccc(S(=O)(=O)N4CCC(C)CC4)cc3)c2C(=O)NNC(C)=O)C1. The van der Waals surface area contributed by atoms with Gasteiger partial charge in [0.25, 0.3) is 11.8 Å². The molecule has 206 valence electrons. The zero-order chi connectivity index (χ0) is 27.4. The van der Waals surface area contributed by atoms with Crippen molar-refractivity contribution in [3.05, 3.63) is 45.8 Å². The van der Waals surface area contributed by atoms with Crippen LogP contribution in [0.3, 0.4) is 0 Å². The number of benzene rings is 1. The zero-order valence-electron chi connectivity index (χ0n) is 22.0. The Balaban J connectivity index is 1.54. The standard InChI is InChI=1S/C26H35N5O5S2/c1-4-12-30-13-11-21-22(16-30)37-26(23(21)25(34)29-28-18(3)32)27-24(33)19-5-7-20(8-6-19)38(35,36)31-14-9-17(2)10-15-31/h5-8,17H,4,9-16H2,1-3H3,(H,27,33)(H,28,32)(H,29,34). The second-order valence-electron chi connectivity index (χ2n) is 9.93. The molecule has 3 amide bonds. The number of carbonyl (C=O) groups is 3. The fraction of sp³-hybridized carbons (Fsp3) is 0.500. The van der Waals surface area contributed by atoms with E-state index in [4.69, 9.17) is 0 Å². The Morgan fingerprint density at radius 3 is 2.34 bits per heavy atom. The topological polar surface area (TPSA) is 128 Å². The third-order valence-corrected chi connectivity index (χ3v) is 10.0. The van der Waals surface area contributed by atoms with Gasteiger partial charge in [0, 0.05) is 43.5 Å². The third-order valence-electron chi connectivity index (χ3n) is 6.98. The van der Waals surface area contributed by atoms with Crippen LogP contribution in [0.2, 0.25) is 0 Å². The first-order valence-corrected chi connectivity index (χ1v) is 15.2. The normalized spacial score (nSPS) is 17.0. The van der Waals surface area contributed by atoms with E-state index in [1.54, 1.807) is 0 Å². The van der Waals surface area contributed by atoms with Crippen molar-refractivity contribution in [1.29, 1.82) is 0 Å². The molecule has 1 aromatic heterocycles. The van der Waals surface area contributed by atoms with Crippen molar-refractivity contribution in [3.8, 4) is 0 Å². The number of sulfonamides is 1. The summed E-state index contributed by atoms with van der Waals surface area (Å²) in [6.07, 6.45) is 3.34. The maximum absolute atomic E-state index is 13.2. The molecular formula is C26H35N5O5S2. The smallest absolute Gasteiger partial charge is 0.272 e. The van der Waals surface area contributed by atoms with Crippen molar-refractivity contribution in [3.63, 3.8) is 0 Å². The van der Waals surface area contributed by atoms with Gasteiger partial charge in [-0.15, -0.1) is 11.3 Å². The minimum absolute atomic E-state index is 0.154. The maximum Gasteiger partial charge on any atom is 0.272 e. The lowest BCUT2D eigenvalue weighted by atomic mass is 10.0. The Bertz CT molecular complexity index is 1300. The number of carbonyl (C=O) groups excluding carboxylic acids is 3. The van der Waals surface area contributed by atoms with Gasteiger partial charge < -0.3 is 5.32 Å². The molecule has 1 aromatic carbocycles. The molecule has 4 rings (SSSR count). The lowest BCUT2D eigenvalue weighted by Crippen LogP contribution is -2.41. The summed E-state index contributed by atoms with van der Waals surface area (Å²) < 4.78 is 27.6. The first-order valence-electron chi connectivity index (χ1n) is 13.0. The van der Waals surface area contributed by atoms with Crippen LogP contribution < -0.4 is 16.2 Å². The van der Waals surface area contributed by atoms with Crippen LogP contribution in [-0.4, -0.2) is 61.5 Å². The first kappa shape index (κ1) is 28.2. The second-order valence-corrected chi connectivity index (χ2v) is 13.0. The average molecular weight is 562 g/mol. The number of nitrogens with one attached hydrogen (secondary N) is 3. The van der Waals surface area contributed by atoms with Gasteiger partial charge in [0.05, 0.1) is 10.5 Å². The molecule has 3 heterocycles. The number of piperidine rings is 1. The third kappa shape index (κ3) is 6.25. The van der Waals surface area contributed by atoms with Gasteiger partial charge in [-0.25, -0.2) is 8.42 Å². The predicted molar refractivity (Wildman–Crippen MR) is 146 cm³/mol. The van der Waals surface area contributed by atoms with E-state index in [1.165, 1.54) is 46.8 Å². The van der Waals surface area contributed by atoms with E-state index in [1.807, 2.05) is 0 Å². The van der Waals surface area contributed by atoms with Gasteiger partial charge >= 0.3 is 0 Å². The van der Waals surface area contributed by atoms with Gasteiger partial charge in [0.2, 0.25) is 15.9 Å². The number of fused-ring (bicyclic) bond motifs is 1. The van der Waals surface area contributed by atoms with Crippen LogP contribution in [0.5, 0.6) is 0 Å². The summed E-state index contributed by atoms with van der Waals surface area (Å²) in [4.78, 5) is 41.0. The van der Waals surface area contributed by atoms with E-state index < -0.39 is 27.7 Å². The van der Waals surface area contributed by atoms with Crippen molar-refractivity contribution < 1.29 is 22.8 Å². The molecule has 0 unspecified atom stereocenters. The molecule has 2 aliphatic heterocycles. The van der Waals surface area contributed by atoms with Gasteiger partial charge in [-0.3, -0.25) is 30.1 Å². The van der Waals surface area contributed by atoms with Crippen molar-refractivity contribution in [2.75, 3.05) is 31.5 Å². The lowest BCUT2D eigenvalue weighted by molar-refractivity contribution is -0.119. The van der Waals surface area contributed by atoms with Crippen LogP contribution in [0.4, 0.5) is 5.00 Å². The highest BCUT2D eigenvalue weighted by Gasteiger charge is 2.30. The molecule has 0 bridgehead atoms.